The second kappa shape index (κ2) is 10.4. The lowest BCUT2D eigenvalue weighted by Gasteiger charge is -2.31. The molecule has 0 spiro atoms. The Hall–Kier alpha value is -1.25. The maximum absolute atomic E-state index is 12.9. The number of halogens is 2. The van der Waals surface area contributed by atoms with Gasteiger partial charge in [0.2, 0.25) is 15.9 Å². The molecule has 1 aliphatic rings. The number of piperidine rings is 1. The Kier molecular flexibility index (Phi) is 8.10. The van der Waals surface area contributed by atoms with Crippen LogP contribution in [0.15, 0.2) is 52.3 Å². The Morgan fingerprint density at radius 1 is 1.10 bits per heavy atom. The lowest BCUT2D eigenvalue weighted by Crippen LogP contribution is -2.43. The molecule has 0 unspecified atom stereocenters. The van der Waals surface area contributed by atoms with Crippen LogP contribution in [0.3, 0.4) is 0 Å². The fraction of sp³-hybridized carbons (Fsp3) is 0.381. The van der Waals surface area contributed by atoms with Crippen molar-refractivity contribution in [3.63, 3.8) is 0 Å². The maximum Gasteiger partial charge on any atom is 0.246 e. The van der Waals surface area contributed by atoms with Crippen molar-refractivity contribution in [1.29, 1.82) is 0 Å². The lowest BCUT2D eigenvalue weighted by atomic mass is 9.97. The summed E-state index contributed by atoms with van der Waals surface area (Å²) >= 11 is 13.9. The van der Waals surface area contributed by atoms with Gasteiger partial charge < -0.3 is 5.32 Å². The summed E-state index contributed by atoms with van der Waals surface area (Å²) in [5.74, 6) is 0.572. The zero-order valence-electron chi connectivity index (χ0n) is 16.6. The molecule has 162 valence electrons. The summed E-state index contributed by atoms with van der Waals surface area (Å²) in [7, 11) is -3.79. The molecule has 3 rings (SSSR count). The van der Waals surface area contributed by atoms with E-state index in [2.05, 4.69) is 29.6 Å². The third-order valence-electron chi connectivity index (χ3n) is 5.03. The van der Waals surface area contributed by atoms with Crippen LogP contribution in [0.4, 0.5) is 0 Å². The summed E-state index contributed by atoms with van der Waals surface area (Å²) in [6, 6.07) is 12.9. The number of hydrogen-bond acceptors (Lipinski definition) is 4. The van der Waals surface area contributed by atoms with Gasteiger partial charge in [-0.25, -0.2) is 8.42 Å². The van der Waals surface area contributed by atoms with Crippen molar-refractivity contribution in [3.05, 3.63) is 58.1 Å². The number of hydrogen-bond donors (Lipinski definition) is 1. The van der Waals surface area contributed by atoms with Gasteiger partial charge in [0.15, 0.2) is 0 Å². The zero-order chi connectivity index (χ0) is 21.7. The summed E-state index contributed by atoms with van der Waals surface area (Å²) in [5, 5.41) is 3.18. The topological polar surface area (TPSA) is 66.5 Å². The van der Waals surface area contributed by atoms with Gasteiger partial charge in [0.25, 0.3) is 0 Å². The molecular formula is C21H24Cl2N2O3S2. The summed E-state index contributed by atoms with van der Waals surface area (Å²) in [5.41, 5.74) is 1.22. The van der Waals surface area contributed by atoms with Crippen LogP contribution in [-0.2, 0) is 14.8 Å². The molecule has 0 radical (unpaired) electrons. The van der Waals surface area contributed by atoms with E-state index in [1.165, 1.54) is 26.9 Å². The van der Waals surface area contributed by atoms with Crippen LogP contribution >= 0.6 is 35.0 Å². The molecule has 1 amide bonds. The van der Waals surface area contributed by atoms with Crippen LogP contribution in [0.2, 0.25) is 10.0 Å². The lowest BCUT2D eigenvalue weighted by molar-refractivity contribution is -0.125. The van der Waals surface area contributed by atoms with Crippen molar-refractivity contribution in [2.75, 3.05) is 25.4 Å². The second-order valence-corrected chi connectivity index (χ2v) is 11.0. The molecule has 1 aliphatic heterocycles. The molecule has 2 aromatic rings. The third kappa shape index (κ3) is 5.71. The Morgan fingerprint density at radius 2 is 1.70 bits per heavy atom. The van der Waals surface area contributed by atoms with Gasteiger partial charge >= 0.3 is 0 Å². The Morgan fingerprint density at radius 3 is 2.30 bits per heavy atom. The van der Waals surface area contributed by atoms with Crippen LogP contribution in [0.5, 0.6) is 0 Å². The first-order valence-corrected chi connectivity index (χ1v) is 12.9. The Labute approximate surface area is 192 Å². The van der Waals surface area contributed by atoms with Gasteiger partial charge in [0.1, 0.15) is 4.90 Å². The molecule has 0 aromatic heterocycles. The first kappa shape index (κ1) is 23.4. The summed E-state index contributed by atoms with van der Waals surface area (Å²) in [6.07, 6.45) is 0.941. The number of benzene rings is 2. The molecule has 5 nitrogen and oxygen atoms in total. The fourth-order valence-electron chi connectivity index (χ4n) is 3.34. The molecule has 0 atom stereocenters. The highest BCUT2D eigenvalue weighted by molar-refractivity contribution is 7.99. The average Bonchev–Trinajstić information content (AvgIpc) is 2.72. The average molecular weight is 487 g/mol. The van der Waals surface area contributed by atoms with E-state index in [-0.39, 0.29) is 39.9 Å². The van der Waals surface area contributed by atoms with Crippen molar-refractivity contribution >= 4 is 50.9 Å². The normalized spacial score (nSPS) is 15.8. The summed E-state index contributed by atoms with van der Waals surface area (Å²) in [4.78, 5) is 13.6. The number of rotatable bonds is 7. The highest BCUT2D eigenvalue weighted by Crippen LogP contribution is 2.33. The van der Waals surface area contributed by atoms with Crippen LogP contribution in [0.25, 0.3) is 0 Å². The number of aryl methyl sites for hydroxylation is 1. The van der Waals surface area contributed by atoms with Gasteiger partial charge in [-0.05, 0) is 44.0 Å². The molecule has 0 saturated carbocycles. The predicted octanol–water partition coefficient (Wildman–Crippen LogP) is 4.61. The van der Waals surface area contributed by atoms with Gasteiger partial charge in [-0.15, -0.1) is 11.8 Å². The van der Waals surface area contributed by atoms with E-state index in [0.717, 1.165) is 5.75 Å². The van der Waals surface area contributed by atoms with Crippen molar-refractivity contribution in [1.82, 2.24) is 9.62 Å². The Bertz CT molecular complexity index is 970. The minimum absolute atomic E-state index is 0.0210. The van der Waals surface area contributed by atoms with E-state index < -0.39 is 10.0 Å². The first-order chi connectivity index (χ1) is 14.3. The molecular weight excluding hydrogens is 463 g/mol. The molecule has 30 heavy (non-hydrogen) atoms. The summed E-state index contributed by atoms with van der Waals surface area (Å²) < 4.78 is 27.2. The highest BCUT2D eigenvalue weighted by Gasteiger charge is 2.34. The van der Waals surface area contributed by atoms with Crippen molar-refractivity contribution in [2.45, 2.75) is 29.6 Å². The molecule has 1 heterocycles. The van der Waals surface area contributed by atoms with Gasteiger partial charge in [-0.1, -0.05) is 47.0 Å². The van der Waals surface area contributed by atoms with Gasteiger partial charge in [0, 0.05) is 36.2 Å². The van der Waals surface area contributed by atoms with E-state index >= 15 is 0 Å². The second-order valence-electron chi connectivity index (χ2n) is 7.18. The van der Waals surface area contributed by atoms with E-state index in [9.17, 15) is 13.2 Å². The van der Waals surface area contributed by atoms with E-state index in [1.807, 2.05) is 6.92 Å². The van der Waals surface area contributed by atoms with Crippen LogP contribution in [-0.4, -0.2) is 44.0 Å². The van der Waals surface area contributed by atoms with Crippen LogP contribution in [0, 0.1) is 12.8 Å². The number of nitrogens with one attached hydrogen (secondary N) is 1. The van der Waals surface area contributed by atoms with E-state index in [1.54, 1.807) is 17.8 Å². The number of nitrogens with zero attached hydrogens (tertiary/aromatic N) is 1. The van der Waals surface area contributed by atoms with Crippen molar-refractivity contribution in [2.24, 2.45) is 5.92 Å². The SMILES string of the molecule is Cc1ccc(SCCNC(=O)C2CCN(S(=O)(=O)c3c(Cl)cccc3Cl)CC2)cc1. The maximum atomic E-state index is 12.9. The fourth-order valence-corrected chi connectivity index (χ4v) is 6.67. The molecule has 2 aromatic carbocycles. The van der Waals surface area contributed by atoms with Crippen LogP contribution in [0.1, 0.15) is 18.4 Å². The number of carbonyl (C=O) groups is 1. The highest BCUT2D eigenvalue weighted by atomic mass is 35.5. The molecule has 1 saturated heterocycles. The first-order valence-electron chi connectivity index (χ1n) is 9.70. The number of amides is 1. The van der Waals surface area contributed by atoms with Crippen LogP contribution < -0.4 is 5.32 Å². The molecule has 1 fully saturated rings. The molecule has 0 aliphatic carbocycles. The zero-order valence-corrected chi connectivity index (χ0v) is 19.8. The molecule has 0 bridgehead atoms. The van der Waals surface area contributed by atoms with Gasteiger partial charge in [-0.3, -0.25) is 4.79 Å². The number of carbonyl (C=O) groups excluding carboxylic acids is 1. The molecule has 1 N–H and O–H groups in total. The quantitative estimate of drug-likeness (QED) is 0.458. The van der Waals surface area contributed by atoms with Crippen molar-refractivity contribution in [3.8, 4) is 0 Å². The smallest absolute Gasteiger partial charge is 0.246 e. The summed E-state index contributed by atoms with van der Waals surface area (Å²) in [6.45, 7) is 3.15. The van der Waals surface area contributed by atoms with E-state index in [4.69, 9.17) is 23.2 Å². The number of sulfonamides is 1. The largest absolute Gasteiger partial charge is 0.355 e. The predicted molar refractivity (Wildman–Crippen MR) is 123 cm³/mol. The minimum Gasteiger partial charge on any atom is -0.355 e. The minimum atomic E-state index is -3.79. The Balaban J connectivity index is 1.47. The van der Waals surface area contributed by atoms with Gasteiger partial charge in [0.05, 0.1) is 10.0 Å². The monoisotopic (exact) mass is 486 g/mol. The molecule has 9 heteroatoms. The standard InChI is InChI=1S/C21H24Cl2N2O3S2/c1-15-5-7-17(8-6-15)29-14-11-24-21(26)16-9-12-25(13-10-16)30(27,28)20-18(22)3-2-4-19(20)23/h2-8,16H,9-14H2,1H3,(H,24,26). The third-order valence-corrected chi connectivity index (χ3v) is 8.90. The van der Waals surface area contributed by atoms with E-state index in [0.29, 0.717) is 19.4 Å². The number of thioether (sulfide) groups is 1. The van der Waals surface area contributed by atoms with Crippen molar-refractivity contribution < 1.29 is 13.2 Å². The van der Waals surface area contributed by atoms with Gasteiger partial charge in [-0.2, -0.15) is 4.31 Å².